The molecule has 0 bridgehead atoms. The van der Waals surface area contributed by atoms with E-state index in [2.05, 4.69) is 25.5 Å². The van der Waals surface area contributed by atoms with E-state index < -0.39 is 29.3 Å². The first-order chi connectivity index (χ1) is 15.6. The zero-order chi connectivity index (χ0) is 23.8. The van der Waals surface area contributed by atoms with E-state index in [1.165, 1.54) is 36.9 Å². The van der Waals surface area contributed by atoms with Gasteiger partial charge in [-0.1, -0.05) is 23.2 Å². The Morgan fingerprint density at radius 1 is 0.970 bits per heavy atom. The first kappa shape index (κ1) is 22.6. The van der Waals surface area contributed by atoms with Crippen LogP contribution in [0.15, 0.2) is 55.2 Å². The van der Waals surface area contributed by atoms with Crippen LogP contribution in [0.2, 0.25) is 10.0 Å². The van der Waals surface area contributed by atoms with Gasteiger partial charge >= 0.3 is 6.18 Å². The van der Waals surface area contributed by atoms with Gasteiger partial charge < -0.3 is 5.32 Å². The largest absolute Gasteiger partial charge is 0.420 e. The molecular weight excluding hydrogens is 487 g/mol. The monoisotopic (exact) mass is 496 g/mol. The minimum Gasteiger partial charge on any atom is -0.321 e. The maximum Gasteiger partial charge on any atom is 0.420 e. The summed E-state index contributed by atoms with van der Waals surface area (Å²) in [7, 11) is 0. The summed E-state index contributed by atoms with van der Waals surface area (Å²) in [5, 5.41) is 9.56. The van der Waals surface area contributed by atoms with E-state index in [1.807, 2.05) is 0 Å². The fraction of sp³-hybridized carbons (Fsp3) is 0.0500. The number of aromatic nitrogens is 5. The lowest BCUT2D eigenvalue weighted by Crippen LogP contribution is -2.17. The SMILES string of the molecule is O=C(Nc1cnc(-n2nccn2)c(C(F)(F)F)c1)c1cc(F)c(-c2ccncc2Cl)cc1Cl. The van der Waals surface area contributed by atoms with Crippen LogP contribution >= 0.6 is 23.2 Å². The summed E-state index contributed by atoms with van der Waals surface area (Å²) in [6, 6.07) is 4.19. The number of carbonyl (C=O) groups is 1. The average molecular weight is 497 g/mol. The Balaban J connectivity index is 1.66. The van der Waals surface area contributed by atoms with Crippen molar-refractivity contribution in [2.75, 3.05) is 5.32 Å². The van der Waals surface area contributed by atoms with Gasteiger partial charge in [-0.3, -0.25) is 9.78 Å². The average Bonchev–Trinajstić information content (AvgIpc) is 3.30. The minimum atomic E-state index is -4.81. The summed E-state index contributed by atoms with van der Waals surface area (Å²) in [6.07, 6.45) is 1.28. The van der Waals surface area contributed by atoms with Crippen molar-refractivity contribution < 1.29 is 22.4 Å². The number of anilines is 1. The standard InChI is InChI=1S/C20H10Cl2F4N6O/c21-15-6-12(11-1-2-27-9-16(11)22)17(23)7-13(15)19(33)31-10-5-14(20(24,25)26)18(28-8-10)32-29-3-4-30-32/h1-9H,(H,31,33). The third kappa shape index (κ3) is 4.64. The van der Waals surface area contributed by atoms with Gasteiger partial charge in [0.25, 0.3) is 5.91 Å². The number of hydrogen-bond donors (Lipinski definition) is 1. The molecule has 1 N–H and O–H groups in total. The van der Waals surface area contributed by atoms with Gasteiger partial charge in [-0.15, -0.1) is 4.80 Å². The highest BCUT2D eigenvalue weighted by Gasteiger charge is 2.36. The van der Waals surface area contributed by atoms with E-state index in [1.54, 1.807) is 0 Å². The molecule has 13 heteroatoms. The van der Waals surface area contributed by atoms with E-state index >= 15 is 0 Å². The third-order valence-corrected chi connectivity index (χ3v) is 5.02. The van der Waals surface area contributed by atoms with Gasteiger partial charge in [-0.2, -0.15) is 23.4 Å². The van der Waals surface area contributed by atoms with Crippen LogP contribution in [0.5, 0.6) is 0 Å². The van der Waals surface area contributed by atoms with E-state index in [-0.39, 0.29) is 26.9 Å². The summed E-state index contributed by atoms with van der Waals surface area (Å²) in [6.45, 7) is 0. The molecule has 0 spiro atoms. The lowest BCUT2D eigenvalue weighted by atomic mass is 10.0. The molecular formula is C20H10Cl2F4N6O. The number of nitrogens with zero attached hydrogens (tertiary/aromatic N) is 5. The van der Waals surface area contributed by atoms with Gasteiger partial charge in [0.1, 0.15) is 11.4 Å². The van der Waals surface area contributed by atoms with Crippen LogP contribution in [0.4, 0.5) is 23.2 Å². The van der Waals surface area contributed by atoms with Crippen molar-refractivity contribution in [3.05, 3.63) is 82.2 Å². The van der Waals surface area contributed by atoms with Crippen LogP contribution in [-0.4, -0.2) is 30.9 Å². The summed E-state index contributed by atoms with van der Waals surface area (Å²) in [5.74, 6) is -2.33. The molecule has 0 aliphatic carbocycles. The Kier molecular flexibility index (Phi) is 6.00. The van der Waals surface area contributed by atoms with Gasteiger partial charge in [-0.25, -0.2) is 9.37 Å². The highest BCUT2D eigenvalue weighted by Crippen LogP contribution is 2.35. The molecule has 0 saturated carbocycles. The lowest BCUT2D eigenvalue weighted by molar-refractivity contribution is -0.137. The van der Waals surface area contributed by atoms with Crippen molar-refractivity contribution >= 4 is 34.8 Å². The molecule has 0 aliphatic rings. The van der Waals surface area contributed by atoms with E-state index in [4.69, 9.17) is 23.2 Å². The Labute approximate surface area is 193 Å². The highest BCUT2D eigenvalue weighted by molar-refractivity contribution is 6.35. The number of halogens is 6. The lowest BCUT2D eigenvalue weighted by Gasteiger charge is -2.14. The Bertz CT molecular complexity index is 1350. The van der Waals surface area contributed by atoms with E-state index in [9.17, 15) is 22.4 Å². The molecule has 1 amide bonds. The summed E-state index contributed by atoms with van der Waals surface area (Å²) < 4.78 is 55.3. The number of hydrogen-bond acceptors (Lipinski definition) is 5. The molecule has 4 aromatic rings. The highest BCUT2D eigenvalue weighted by atomic mass is 35.5. The van der Waals surface area contributed by atoms with Crippen LogP contribution in [0.3, 0.4) is 0 Å². The van der Waals surface area contributed by atoms with Gasteiger partial charge in [0, 0.05) is 23.5 Å². The number of rotatable bonds is 4. The van der Waals surface area contributed by atoms with E-state index in [0.717, 1.165) is 12.3 Å². The Hall–Kier alpha value is -3.57. The van der Waals surface area contributed by atoms with Gasteiger partial charge in [-0.05, 0) is 24.3 Å². The molecule has 0 atom stereocenters. The molecule has 3 heterocycles. The maximum absolute atomic E-state index is 14.7. The number of nitrogens with one attached hydrogen (secondary N) is 1. The molecule has 168 valence electrons. The topological polar surface area (TPSA) is 85.6 Å². The van der Waals surface area contributed by atoms with Crippen molar-refractivity contribution in [1.29, 1.82) is 0 Å². The van der Waals surface area contributed by atoms with E-state index in [0.29, 0.717) is 16.4 Å². The van der Waals surface area contributed by atoms with Crippen LogP contribution < -0.4 is 5.32 Å². The van der Waals surface area contributed by atoms with Crippen molar-refractivity contribution in [3.8, 4) is 16.9 Å². The van der Waals surface area contributed by atoms with Gasteiger partial charge in [0.2, 0.25) is 0 Å². The minimum absolute atomic E-state index is 0.0287. The number of benzene rings is 1. The quantitative estimate of drug-likeness (QED) is 0.380. The Morgan fingerprint density at radius 3 is 2.36 bits per heavy atom. The predicted molar refractivity (Wildman–Crippen MR) is 112 cm³/mol. The number of alkyl halides is 3. The van der Waals surface area contributed by atoms with Crippen LogP contribution in [0, 0.1) is 5.82 Å². The molecule has 0 fully saturated rings. The molecule has 0 aliphatic heterocycles. The van der Waals surface area contributed by atoms with Gasteiger partial charge in [0.05, 0.1) is 39.9 Å². The molecule has 7 nitrogen and oxygen atoms in total. The normalized spacial score (nSPS) is 11.5. The number of amides is 1. The molecule has 0 unspecified atom stereocenters. The predicted octanol–water partition coefficient (Wildman–Crippen LogP) is 5.44. The summed E-state index contributed by atoms with van der Waals surface area (Å²) in [4.78, 5) is 20.9. The number of pyridine rings is 2. The maximum atomic E-state index is 14.7. The molecule has 0 radical (unpaired) electrons. The second-order valence-electron chi connectivity index (χ2n) is 6.53. The molecule has 3 aromatic heterocycles. The fourth-order valence-corrected chi connectivity index (χ4v) is 3.41. The fourth-order valence-electron chi connectivity index (χ4n) is 2.94. The zero-order valence-corrected chi connectivity index (χ0v) is 17.6. The molecule has 0 saturated heterocycles. The summed E-state index contributed by atoms with van der Waals surface area (Å²) in [5.41, 5.74) is -1.44. The van der Waals surface area contributed by atoms with Crippen molar-refractivity contribution in [1.82, 2.24) is 25.0 Å². The van der Waals surface area contributed by atoms with Crippen LogP contribution in [-0.2, 0) is 6.18 Å². The first-order valence-electron chi connectivity index (χ1n) is 8.99. The van der Waals surface area contributed by atoms with Crippen molar-refractivity contribution in [2.24, 2.45) is 0 Å². The summed E-state index contributed by atoms with van der Waals surface area (Å²) >= 11 is 12.2. The number of carbonyl (C=O) groups excluding carboxylic acids is 1. The second kappa shape index (κ2) is 8.75. The van der Waals surface area contributed by atoms with Gasteiger partial charge in [0.15, 0.2) is 5.82 Å². The Morgan fingerprint density at radius 2 is 1.70 bits per heavy atom. The zero-order valence-electron chi connectivity index (χ0n) is 16.1. The van der Waals surface area contributed by atoms with Crippen LogP contribution in [0.25, 0.3) is 16.9 Å². The van der Waals surface area contributed by atoms with Crippen LogP contribution in [0.1, 0.15) is 15.9 Å². The van der Waals surface area contributed by atoms with Crippen molar-refractivity contribution in [2.45, 2.75) is 6.18 Å². The van der Waals surface area contributed by atoms with Crippen molar-refractivity contribution in [3.63, 3.8) is 0 Å². The molecule has 4 rings (SSSR count). The smallest absolute Gasteiger partial charge is 0.321 e. The first-order valence-corrected chi connectivity index (χ1v) is 9.75. The molecule has 33 heavy (non-hydrogen) atoms. The second-order valence-corrected chi connectivity index (χ2v) is 7.35. The molecule has 1 aromatic carbocycles. The third-order valence-electron chi connectivity index (χ3n) is 4.40.